The third kappa shape index (κ3) is 3.90. The fourth-order valence-corrected chi connectivity index (χ4v) is 2.02. The first kappa shape index (κ1) is 14.7. The van der Waals surface area contributed by atoms with E-state index in [0.717, 1.165) is 0 Å². The molecule has 0 aromatic heterocycles. The van der Waals surface area contributed by atoms with Crippen molar-refractivity contribution in [2.75, 3.05) is 11.9 Å². The Morgan fingerprint density at radius 2 is 2.05 bits per heavy atom. The molecular formula is C14H18F2N2O2. The first-order chi connectivity index (χ1) is 9.35. The van der Waals surface area contributed by atoms with E-state index in [1.807, 2.05) is 13.8 Å². The smallest absolute Gasteiger partial charge is 0.262 e. The summed E-state index contributed by atoms with van der Waals surface area (Å²) in [6.07, 6.45) is -0.395. The van der Waals surface area contributed by atoms with Gasteiger partial charge < -0.3 is 10.1 Å². The van der Waals surface area contributed by atoms with Crippen LogP contribution in [0.25, 0.3) is 0 Å². The van der Waals surface area contributed by atoms with Gasteiger partial charge in [-0.2, -0.15) is 0 Å². The summed E-state index contributed by atoms with van der Waals surface area (Å²) in [7, 11) is 0. The lowest BCUT2D eigenvalue weighted by Gasteiger charge is -2.13. The van der Waals surface area contributed by atoms with Gasteiger partial charge in [-0.25, -0.2) is 8.78 Å². The van der Waals surface area contributed by atoms with Gasteiger partial charge in [0, 0.05) is 12.1 Å². The Morgan fingerprint density at radius 1 is 1.40 bits per heavy atom. The summed E-state index contributed by atoms with van der Waals surface area (Å²) >= 11 is 0. The fraction of sp³-hybridized carbons (Fsp3) is 0.500. The SMILES string of the molecule is CC(C)Oc1ccc(NC(=O)C2CC(F)(F)CN2)cc1. The highest BCUT2D eigenvalue weighted by atomic mass is 19.3. The Bertz CT molecular complexity index is 475. The predicted octanol–water partition coefficient (Wildman–Crippen LogP) is 2.41. The molecule has 0 spiro atoms. The fourth-order valence-electron chi connectivity index (χ4n) is 2.02. The quantitative estimate of drug-likeness (QED) is 0.892. The monoisotopic (exact) mass is 284 g/mol. The first-order valence-corrected chi connectivity index (χ1v) is 6.54. The van der Waals surface area contributed by atoms with E-state index >= 15 is 0 Å². The maximum Gasteiger partial charge on any atom is 0.262 e. The Hall–Kier alpha value is -1.69. The van der Waals surface area contributed by atoms with Crippen LogP contribution in [0.5, 0.6) is 5.75 Å². The molecule has 1 aliphatic heterocycles. The molecule has 1 aromatic carbocycles. The largest absolute Gasteiger partial charge is 0.491 e. The average Bonchev–Trinajstić information content (AvgIpc) is 2.72. The third-order valence-electron chi connectivity index (χ3n) is 2.92. The average molecular weight is 284 g/mol. The number of benzene rings is 1. The van der Waals surface area contributed by atoms with Crippen LogP contribution in [0.1, 0.15) is 20.3 Å². The Balaban J connectivity index is 1.91. The van der Waals surface area contributed by atoms with Crippen molar-refractivity contribution in [3.05, 3.63) is 24.3 Å². The molecule has 1 aromatic rings. The number of amides is 1. The van der Waals surface area contributed by atoms with Gasteiger partial charge in [-0.1, -0.05) is 0 Å². The third-order valence-corrected chi connectivity index (χ3v) is 2.92. The minimum Gasteiger partial charge on any atom is -0.491 e. The number of anilines is 1. The maximum atomic E-state index is 13.0. The first-order valence-electron chi connectivity index (χ1n) is 6.54. The van der Waals surface area contributed by atoms with Gasteiger partial charge in [0.15, 0.2) is 0 Å². The molecule has 0 saturated carbocycles. The minimum atomic E-state index is -2.81. The maximum absolute atomic E-state index is 13.0. The summed E-state index contributed by atoms with van der Waals surface area (Å²) in [5, 5.41) is 5.13. The van der Waals surface area contributed by atoms with Crippen LogP contribution in [0.3, 0.4) is 0 Å². The van der Waals surface area contributed by atoms with Crippen LogP contribution < -0.4 is 15.4 Å². The number of hydrogen-bond acceptors (Lipinski definition) is 3. The van der Waals surface area contributed by atoms with Crippen molar-refractivity contribution in [2.45, 2.75) is 38.3 Å². The van der Waals surface area contributed by atoms with Crippen molar-refractivity contribution < 1.29 is 18.3 Å². The van der Waals surface area contributed by atoms with Crippen molar-refractivity contribution in [3.63, 3.8) is 0 Å². The van der Waals surface area contributed by atoms with E-state index in [1.165, 1.54) is 0 Å². The number of carbonyl (C=O) groups excluding carboxylic acids is 1. The van der Waals surface area contributed by atoms with Crippen molar-refractivity contribution in [3.8, 4) is 5.75 Å². The van der Waals surface area contributed by atoms with E-state index in [9.17, 15) is 13.6 Å². The zero-order chi connectivity index (χ0) is 14.8. The molecule has 2 rings (SSSR count). The summed E-state index contributed by atoms with van der Waals surface area (Å²) in [5.74, 6) is -2.56. The lowest BCUT2D eigenvalue weighted by atomic mass is 10.2. The number of alkyl halides is 2. The van der Waals surface area contributed by atoms with Crippen LogP contribution in [-0.2, 0) is 4.79 Å². The van der Waals surface area contributed by atoms with Crippen molar-refractivity contribution in [1.29, 1.82) is 0 Å². The second kappa shape index (κ2) is 5.75. The van der Waals surface area contributed by atoms with Gasteiger partial charge in [0.2, 0.25) is 5.91 Å². The van der Waals surface area contributed by atoms with Crippen molar-refractivity contribution in [2.24, 2.45) is 0 Å². The zero-order valence-corrected chi connectivity index (χ0v) is 11.5. The highest BCUT2D eigenvalue weighted by Crippen LogP contribution is 2.26. The molecule has 2 N–H and O–H groups in total. The molecule has 4 nitrogen and oxygen atoms in total. The van der Waals surface area contributed by atoms with E-state index in [1.54, 1.807) is 24.3 Å². The van der Waals surface area contributed by atoms with Crippen LogP contribution in [0, 0.1) is 0 Å². The highest BCUT2D eigenvalue weighted by Gasteiger charge is 2.42. The van der Waals surface area contributed by atoms with E-state index < -0.39 is 30.8 Å². The topological polar surface area (TPSA) is 50.4 Å². The molecule has 1 saturated heterocycles. The molecule has 1 heterocycles. The summed E-state index contributed by atoms with van der Waals surface area (Å²) in [4.78, 5) is 11.8. The Morgan fingerprint density at radius 3 is 2.55 bits per heavy atom. The summed E-state index contributed by atoms with van der Waals surface area (Å²) in [6, 6.07) is 5.97. The Labute approximate surface area is 116 Å². The molecule has 1 aliphatic rings. The molecule has 0 aliphatic carbocycles. The number of ether oxygens (including phenoxy) is 1. The van der Waals surface area contributed by atoms with Crippen LogP contribution >= 0.6 is 0 Å². The van der Waals surface area contributed by atoms with Gasteiger partial charge in [-0.15, -0.1) is 0 Å². The van der Waals surface area contributed by atoms with Crippen LogP contribution in [0.15, 0.2) is 24.3 Å². The number of rotatable bonds is 4. The molecular weight excluding hydrogens is 266 g/mol. The van der Waals surface area contributed by atoms with Gasteiger partial charge in [0.1, 0.15) is 5.75 Å². The van der Waals surface area contributed by atoms with E-state index in [4.69, 9.17) is 4.74 Å². The Kier molecular flexibility index (Phi) is 4.23. The van der Waals surface area contributed by atoms with Gasteiger partial charge >= 0.3 is 0 Å². The van der Waals surface area contributed by atoms with Crippen molar-refractivity contribution in [1.82, 2.24) is 5.32 Å². The molecule has 1 amide bonds. The van der Waals surface area contributed by atoms with E-state index in [2.05, 4.69) is 10.6 Å². The lowest BCUT2D eigenvalue weighted by Crippen LogP contribution is -2.35. The normalized spacial score (nSPS) is 20.9. The predicted molar refractivity (Wildman–Crippen MR) is 72.2 cm³/mol. The molecule has 0 bridgehead atoms. The standard InChI is InChI=1S/C14H18F2N2O2/c1-9(2)20-11-5-3-10(4-6-11)18-13(19)12-7-14(15,16)8-17-12/h3-6,9,12,17H,7-8H2,1-2H3,(H,18,19). The van der Waals surface area contributed by atoms with E-state index in [-0.39, 0.29) is 6.10 Å². The van der Waals surface area contributed by atoms with E-state index in [0.29, 0.717) is 11.4 Å². The summed E-state index contributed by atoms with van der Waals surface area (Å²) in [6.45, 7) is 3.38. The van der Waals surface area contributed by atoms with Crippen molar-refractivity contribution >= 4 is 11.6 Å². The number of hydrogen-bond donors (Lipinski definition) is 2. The van der Waals surface area contributed by atoms with Gasteiger partial charge in [-0.3, -0.25) is 10.1 Å². The van der Waals surface area contributed by atoms with Gasteiger partial charge in [0.05, 0.1) is 18.7 Å². The lowest BCUT2D eigenvalue weighted by molar-refractivity contribution is -0.118. The number of halogens is 2. The van der Waals surface area contributed by atoms with Crippen LogP contribution in [-0.4, -0.2) is 30.5 Å². The van der Waals surface area contributed by atoms with Crippen LogP contribution in [0.2, 0.25) is 0 Å². The second-order valence-corrected chi connectivity index (χ2v) is 5.17. The number of carbonyl (C=O) groups is 1. The number of nitrogens with one attached hydrogen (secondary N) is 2. The summed E-state index contributed by atoms with van der Waals surface area (Å²) in [5.41, 5.74) is 0.558. The van der Waals surface area contributed by atoms with Gasteiger partial charge in [-0.05, 0) is 38.1 Å². The minimum absolute atomic E-state index is 0.0698. The molecule has 1 atom stereocenters. The highest BCUT2D eigenvalue weighted by molar-refractivity contribution is 5.95. The van der Waals surface area contributed by atoms with Crippen LogP contribution in [0.4, 0.5) is 14.5 Å². The second-order valence-electron chi connectivity index (χ2n) is 5.17. The molecule has 20 heavy (non-hydrogen) atoms. The molecule has 6 heteroatoms. The zero-order valence-electron chi connectivity index (χ0n) is 11.5. The molecule has 110 valence electrons. The molecule has 0 radical (unpaired) electrons. The van der Waals surface area contributed by atoms with Gasteiger partial charge in [0.25, 0.3) is 5.92 Å². The molecule has 1 unspecified atom stereocenters. The summed E-state index contributed by atoms with van der Waals surface area (Å²) < 4.78 is 31.5. The molecule has 1 fully saturated rings.